The number of ether oxygens (including phenoxy) is 1. The zero-order valence-corrected chi connectivity index (χ0v) is 17.5. The molecular formula is C24H38O3. The molecule has 0 saturated heterocycles. The van der Waals surface area contributed by atoms with E-state index in [1.807, 2.05) is 0 Å². The molecule has 0 aromatic rings. The summed E-state index contributed by atoms with van der Waals surface area (Å²) in [4.78, 5) is 23.1. The summed E-state index contributed by atoms with van der Waals surface area (Å²) in [5, 5.41) is 0. The van der Waals surface area contributed by atoms with E-state index in [0.717, 1.165) is 36.4 Å². The van der Waals surface area contributed by atoms with Crippen LogP contribution in [0.3, 0.4) is 0 Å². The van der Waals surface area contributed by atoms with Gasteiger partial charge in [-0.25, -0.2) is 0 Å². The zero-order chi connectivity index (χ0) is 19.2. The lowest BCUT2D eigenvalue weighted by atomic mass is 9.44. The van der Waals surface area contributed by atoms with Crippen LogP contribution in [0.15, 0.2) is 0 Å². The largest absolute Gasteiger partial charge is 0.465 e. The van der Waals surface area contributed by atoms with Crippen LogP contribution in [0, 0.1) is 46.3 Å². The van der Waals surface area contributed by atoms with E-state index in [9.17, 15) is 9.59 Å². The third kappa shape index (κ3) is 3.08. The second-order valence-corrected chi connectivity index (χ2v) is 10.7. The molecule has 3 heteroatoms. The molecule has 152 valence electrons. The first-order valence-corrected chi connectivity index (χ1v) is 11.5. The number of rotatable bonds is 4. The smallest absolute Gasteiger partial charge is 0.302 e. The Kier molecular flexibility index (Phi) is 5.18. The average Bonchev–Trinajstić information content (AvgIpc) is 2.99. The highest BCUT2D eigenvalue weighted by Gasteiger charge is 2.60. The Morgan fingerprint density at radius 1 is 1.00 bits per heavy atom. The maximum absolute atomic E-state index is 11.9. The number of carbonyl (C=O) groups is 2. The average molecular weight is 375 g/mol. The van der Waals surface area contributed by atoms with Crippen LogP contribution >= 0.6 is 0 Å². The molecule has 0 aromatic heterocycles. The predicted octanol–water partition coefficient (Wildman–Crippen LogP) is 5.41. The van der Waals surface area contributed by atoms with Crippen LogP contribution in [-0.4, -0.2) is 18.9 Å². The summed E-state index contributed by atoms with van der Waals surface area (Å²) in [5.41, 5.74) is 0.827. The van der Waals surface area contributed by atoms with Gasteiger partial charge in [0.15, 0.2) is 0 Å². The molecule has 3 nitrogen and oxygen atoms in total. The van der Waals surface area contributed by atoms with Gasteiger partial charge in [0, 0.05) is 6.92 Å². The van der Waals surface area contributed by atoms with Crippen LogP contribution < -0.4 is 0 Å². The van der Waals surface area contributed by atoms with Crippen molar-refractivity contribution in [2.75, 3.05) is 6.61 Å². The summed E-state index contributed by atoms with van der Waals surface area (Å²) in [6.07, 6.45) is 14.7. The maximum atomic E-state index is 11.9. The Bertz CT molecular complexity index is 586. The van der Waals surface area contributed by atoms with Crippen molar-refractivity contribution in [1.29, 1.82) is 0 Å². The summed E-state index contributed by atoms with van der Waals surface area (Å²) in [6, 6.07) is 0. The standard InChI is InChI=1S/C24H38O3/c1-16(26)27-15-17(14-25)20-9-10-21-19-8-7-18-6-4-5-12-23(18,2)22(19)11-13-24(20,21)3/h14,17-22H,4-13,15H2,1-3H3/t17?,18?,19-,20+,21-,22-,23-,24+/m0/s1. The fourth-order valence-corrected chi connectivity index (χ4v) is 8.50. The second kappa shape index (κ2) is 7.19. The lowest BCUT2D eigenvalue weighted by Gasteiger charge is -2.60. The van der Waals surface area contributed by atoms with Crippen molar-refractivity contribution >= 4 is 12.3 Å². The monoisotopic (exact) mass is 374 g/mol. The molecule has 4 fully saturated rings. The topological polar surface area (TPSA) is 43.4 Å². The molecule has 4 aliphatic rings. The van der Waals surface area contributed by atoms with E-state index < -0.39 is 0 Å². The van der Waals surface area contributed by atoms with Crippen molar-refractivity contribution in [3.05, 3.63) is 0 Å². The second-order valence-electron chi connectivity index (χ2n) is 10.7. The van der Waals surface area contributed by atoms with Gasteiger partial charge in [-0.15, -0.1) is 0 Å². The number of hydrogen-bond donors (Lipinski definition) is 0. The molecule has 0 aliphatic heterocycles. The molecule has 0 heterocycles. The van der Waals surface area contributed by atoms with Crippen molar-refractivity contribution in [3.8, 4) is 0 Å². The zero-order valence-electron chi connectivity index (χ0n) is 17.5. The predicted molar refractivity (Wildman–Crippen MR) is 106 cm³/mol. The minimum atomic E-state index is -0.270. The SMILES string of the molecule is CC(=O)OCC(C=O)[C@H]1CC[C@H]2[C@@H]3CCC4CCCC[C@]4(C)[C@H]3CC[C@]12C. The normalized spacial score (nSPS) is 47.3. The molecule has 4 rings (SSSR count). The minimum absolute atomic E-state index is 0.123. The Morgan fingerprint density at radius 3 is 2.52 bits per heavy atom. The van der Waals surface area contributed by atoms with Gasteiger partial charge in [-0.1, -0.05) is 26.7 Å². The number of hydrogen-bond acceptors (Lipinski definition) is 3. The molecule has 2 unspecified atom stereocenters. The van der Waals surface area contributed by atoms with Crippen molar-refractivity contribution < 1.29 is 14.3 Å². The maximum Gasteiger partial charge on any atom is 0.302 e. The van der Waals surface area contributed by atoms with Gasteiger partial charge in [0.25, 0.3) is 0 Å². The van der Waals surface area contributed by atoms with Crippen molar-refractivity contribution in [2.24, 2.45) is 46.3 Å². The third-order valence-corrected chi connectivity index (χ3v) is 9.83. The van der Waals surface area contributed by atoms with Crippen molar-refractivity contribution in [1.82, 2.24) is 0 Å². The molecule has 0 aromatic carbocycles. The molecule has 8 atom stereocenters. The Balaban J connectivity index is 1.54. The first-order chi connectivity index (χ1) is 12.9. The Hall–Kier alpha value is -0.860. The quantitative estimate of drug-likeness (QED) is 0.488. The first kappa shape index (κ1) is 19.5. The van der Waals surface area contributed by atoms with Crippen LogP contribution in [0.5, 0.6) is 0 Å². The van der Waals surface area contributed by atoms with Crippen LogP contribution in [-0.2, 0) is 14.3 Å². The van der Waals surface area contributed by atoms with Crippen molar-refractivity contribution in [3.63, 3.8) is 0 Å². The summed E-state index contributed by atoms with van der Waals surface area (Å²) in [5.74, 6) is 3.47. The van der Waals surface area contributed by atoms with Gasteiger partial charge >= 0.3 is 5.97 Å². The van der Waals surface area contributed by atoms with Crippen LogP contribution in [0.4, 0.5) is 0 Å². The summed E-state index contributed by atoms with van der Waals surface area (Å²) in [6.45, 7) is 6.80. The summed E-state index contributed by atoms with van der Waals surface area (Å²) >= 11 is 0. The van der Waals surface area contributed by atoms with Gasteiger partial charge in [0.2, 0.25) is 0 Å². The Labute approximate surface area is 165 Å². The number of esters is 1. The van der Waals surface area contributed by atoms with Gasteiger partial charge in [-0.05, 0) is 91.8 Å². The number of carbonyl (C=O) groups excluding carboxylic acids is 2. The fourth-order valence-electron chi connectivity index (χ4n) is 8.50. The molecule has 0 N–H and O–H groups in total. The van der Waals surface area contributed by atoms with Crippen LogP contribution in [0.25, 0.3) is 0 Å². The van der Waals surface area contributed by atoms with Crippen LogP contribution in [0.1, 0.15) is 85.0 Å². The van der Waals surface area contributed by atoms with E-state index in [0.29, 0.717) is 11.3 Å². The highest BCUT2D eigenvalue weighted by Crippen LogP contribution is 2.68. The molecule has 0 radical (unpaired) electrons. The van der Waals surface area contributed by atoms with Gasteiger partial charge < -0.3 is 9.53 Å². The molecule has 0 spiro atoms. The molecule has 4 aliphatic carbocycles. The molecule has 27 heavy (non-hydrogen) atoms. The molecule has 0 bridgehead atoms. The summed E-state index contributed by atoms with van der Waals surface area (Å²) in [7, 11) is 0. The lowest BCUT2D eigenvalue weighted by molar-refractivity contribution is -0.146. The van der Waals surface area contributed by atoms with E-state index in [4.69, 9.17) is 4.74 Å². The molecule has 0 amide bonds. The van der Waals surface area contributed by atoms with E-state index in [2.05, 4.69) is 13.8 Å². The highest BCUT2D eigenvalue weighted by molar-refractivity contribution is 5.66. The minimum Gasteiger partial charge on any atom is -0.465 e. The van der Waals surface area contributed by atoms with Gasteiger partial charge in [0.1, 0.15) is 12.9 Å². The van der Waals surface area contributed by atoms with Gasteiger partial charge in [-0.3, -0.25) is 4.79 Å². The third-order valence-electron chi connectivity index (χ3n) is 9.83. The Morgan fingerprint density at radius 2 is 1.78 bits per heavy atom. The van der Waals surface area contributed by atoms with Crippen molar-refractivity contribution in [2.45, 2.75) is 85.0 Å². The lowest BCUT2D eigenvalue weighted by Crippen LogP contribution is -2.53. The van der Waals surface area contributed by atoms with E-state index in [1.54, 1.807) is 0 Å². The number of aldehydes is 1. The van der Waals surface area contributed by atoms with Gasteiger partial charge in [-0.2, -0.15) is 0 Å². The molecule has 4 saturated carbocycles. The van der Waals surface area contributed by atoms with Gasteiger partial charge in [0.05, 0.1) is 5.92 Å². The first-order valence-electron chi connectivity index (χ1n) is 11.5. The highest BCUT2D eigenvalue weighted by atomic mass is 16.5. The van der Waals surface area contributed by atoms with Crippen LogP contribution in [0.2, 0.25) is 0 Å². The van der Waals surface area contributed by atoms with E-state index >= 15 is 0 Å². The fraction of sp³-hybridized carbons (Fsp3) is 0.917. The summed E-state index contributed by atoms with van der Waals surface area (Å²) < 4.78 is 5.26. The van der Waals surface area contributed by atoms with E-state index in [1.165, 1.54) is 64.7 Å². The number of fused-ring (bicyclic) bond motifs is 5. The van der Waals surface area contributed by atoms with E-state index in [-0.39, 0.29) is 23.9 Å². The molecular weight excluding hydrogens is 336 g/mol.